The van der Waals surface area contributed by atoms with Crippen molar-refractivity contribution in [2.75, 3.05) is 27.2 Å². The number of hydrogen-bond donors (Lipinski definition) is 2. The van der Waals surface area contributed by atoms with E-state index in [9.17, 15) is 0 Å². The normalized spacial score (nSPS) is 11.2. The van der Waals surface area contributed by atoms with Crippen LogP contribution in [-0.2, 0) is 13.1 Å². The Balaban J connectivity index is 0.00000441. The number of rotatable bonds is 8. The van der Waals surface area contributed by atoms with Crippen LogP contribution >= 0.6 is 24.0 Å². The molecule has 5 heteroatoms. The second-order valence-electron chi connectivity index (χ2n) is 5.53. The van der Waals surface area contributed by atoms with E-state index in [1.54, 1.807) is 0 Å². The predicted octanol–water partition coefficient (Wildman–Crippen LogP) is 3.22. The molecule has 0 aliphatic rings. The first-order valence-corrected chi connectivity index (χ1v) is 7.90. The van der Waals surface area contributed by atoms with Crippen LogP contribution in [0.2, 0.25) is 0 Å². The van der Waals surface area contributed by atoms with Gasteiger partial charge in [0.05, 0.1) is 6.54 Å². The number of aliphatic imine (C=N–C) groups is 1. The molecule has 22 heavy (non-hydrogen) atoms. The van der Waals surface area contributed by atoms with Crippen LogP contribution < -0.4 is 10.6 Å². The van der Waals surface area contributed by atoms with Gasteiger partial charge in [0.25, 0.3) is 0 Å². The quantitative estimate of drug-likeness (QED) is 0.295. The van der Waals surface area contributed by atoms with Crippen molar-refractivity contribution in [3.05, 3.63) is 35.4 Å². The first kappa shape index (κ1) is 21.2. The monoisotopic (exact) mass is 418 g/mol. The summed E-state index contributed by atoms with van der Waals surface area (Å²) in [4.78, 5) is 6.80. The molecule has 0 amide bonds. The number of benzene rings is 1. The van der Waals surface area contributed by atoms with E-state index in [-0.39, 0.29) is 24.0 Å². The van der Waals surface area contributed by atoms with E-state index in [2.05, 4.69) is 72.7 Å². The van der Waals surface area contributed by atoms with Gasteiger partial charge in [-0.05, 0) is 38.6 Å². The van der Waals surface area contributed by atoms with Crippen molar-refractivity contribution in [3.63, 3.8) is 0 Å². The lowest BCUT2D eigenvalue weighted by atomic mass is 10.1. The molecule has 0 saturated heterocycles. The molecule has 0 saturated carbocycles. The molecule has 2 N–H and O–H groups in total. The van der Waals surface area contributed by atoms with E-state index in [1.165, 1.54) is 24.0 Å². The third-order valence-corrected chi connectivity index (χ3v) is 3.11. The Morgan fingerprint density at radius 3 is 2.23 bits per heavy atom. The molecule has 126 valence electrons. The minimum absolute atomic E-state index is 0. The summed E-state index contributed by atoms with van der Waals surface area (Å²) in [5.74, 6) is 0.906. The van der Waals surface area contributed by atoms with Crippen molar-refractivity contribution >= 4 is 29.9 Å². The second kappa shape index (κ2) is 12.7. The Kier molecular flexibility index (Phi) is 12.2. The minimum Gasteiger partial charge on any atom is -0.357 e. The maximum absolute atomic E-state index is 4.63. The molecular formula is C17H31IN4. The Morgan fingerprint density at radius 1 is 1.05 bits per heavy atom. The molecule has 1 aromatic carbocycles. The van der Waals surface area contributed by atoms with Gasteiger partial charge < -0.3 is 15.5 Å². The van der Waals surface area contributed by atoms with Crippen LogP contribution in [0.25, 0.3) is 0 Å². The molecule has 4 nitrogen and oxygen atoms in total. The highest BCUT2D eigenvalue weighted by Gasteiger charge is 1.98. The summed E-state index contributed by atoms with van der Waals surface area (Å²) in [7, 11) is 4.17. The van der Waals surface area contributed by atoms with E-state index in [0.717, 1.165) is 25.6 Å². The first-order valence-electron chi connectivity index (χ1n) is 7.90. The van der Waals surface area contributed by atoms with Gasteiger partial charge in [-0.15, -0.1) is 24.0 Å². The van der Waals surface area contributed by atoms with Crippen molar-refractivity contribution in [2.24, 2.45) is 4.99 Å². The van der Waals surface area contributed by atoms with Gasteiger partial charge >= 0.3 is 0 Å². The third kappa shape index (κ3) is 9.25. The highest BCUT2D eigenvalue weighted by atomic mass is 127. The van der Waals surface area contributed by atoms with Gasteiger partial charge in [0, 0.05) is 19.6 Å². The molecule has 0 radical (unpaired) electrons. The van der Waals surface area contributed by atoms with Gasteiger partial charge in [-0.25, -0.2) is 4.99 Å². The standard InChI is InChI=1S/C17H30N4.HI/c1-5-7-12-19-17(18-6-2)20-13-15-8-10-16(11-9-15)14-21(3)4;/h8-11H,5-7,12-14H2,1-4H3,(H2,18,19,20);1H. The number of hydrogen-bond acceptors (Lipinski definition) is 2. The molecule has 0 aliphatic heterocycles. The highest BCUT2D eigenvalue weighted by molar-refractivity contribution is 14.0. The van der Waals surface area contributed by atoms with Crippen LogP contribution in [0.4, 0.5) is 0 Å². The Labute approximate surface area is 152 Å². The number of nitrogens with one attached hydrogen (secondary N) is 2. The van der Waals surface area contributed by atoms with Crippen molar-refractivity contribution in [2.45, 2.75) is 39.8 Å². The summed E-state index contributed by atoms with van der Waals surface area (Å²) in [5, 5.41) is 6.64. The molecule has 0 spiro atoms. The fourth-order valence-corrected chi connectivity index (χ4v) is 2.01. The van der Waals surface area contributed by atoms with Gasteiger partial charge in [0.1, 0.15) is 0 Å². The molecular weight excluding hydrogens is 387 g/mol. The second-order valence-corrected chi connectivity index (χ2v) is 5.53. The molecule has 0 atom stereocenters. The molecule has 0 heterocycles. The van der Waals surface area contributed by atoms with E-state index in [4.69, 9.17) is 0 Å². The van der Waals surface area contributed by atoms with Crippen LogP contribution in [0.3, 0.4) is 0 Å². The number of nitrogens with zero attached hydrogens (tertiary/aromatic N) is 2. The van der Waals surface area contributed by atoms with Gasteiger partial charge in [0.15, 0.2) is 5.96 Å². The largest absolute Gasteiger partial charge is 0.357 e. The van der Waals surface area contributed by atoms with Crippen LogP contribution in [0.5, 0.6) is 0 Å². The number of guanidine groups is 1. The average Bonchev–Trinajstić information content (AvgIpc) is 2.46. The molecule has 0 bridgehead atoms. The summed E-state index contributed by atoms with van der Waals surface area (Å²) < 4.78 is 0. The summed E-state index contributed by atoms with van der Waals surface area (Å²) in [6, 6.07) is 8.69. The van der Waals surface area contributed by atoms with E-state index in [1.807, 2.05) is 0 Å². The molecule has 1 rings (SSSR count). The van der Waals surface area contributed by atoms with Gasteiger partial charge in [0.2, 0.25) is 0 Å². The zero-order valence-electron chi connectivity index (χ0n) is 14.4. The van der Waals surface area contributed by atoms with Crippen LogP contribution in [-0.4, -0.2) is 38.0 Å². The Bertz CT molecular complexity index is 415. The smallest absolute Gasteiger partial charge is 0.191 e. The summed E-state index contributed by atoms with van der Waals surface area (Å²) in [6.07, 6.45) is 2.36. The van der Waals surface area contributed by atoms with E-state index in [0.29, 0.717) is 6.54 Å². The van der Waals surface area contributed by atoms with Crippen molar-refractivity contribution in [3.8, 4) is 0 Å². The molecule has 1 aromatic rings. The summed E-state index contributed by atoms with van der Waals surface area (Å²) in [6.45, 7) is 7.84. The Hall–Kier alpha value is -0.820. The maximum Gasteiger partial charge on any atom is 0.191 e. The lowest BCUT2D eigenvalue weighted by Crippen LogP contribution is -2.37. The molecule has 0 aliphatic carbocycles. The predicted molar refractivity (Wildman–Crippen MR) is 107 cm³/mol. The van der Waals surface area contributed by atoms with Gasteiger partial charge in [-0.2, -0.15) is 0 Å². The molecule has 0 fully saturated rings. The fourth-order valence-electron chi connectivity index (χ4n) is 2.01. The van der Waals surface area contributed by atoms with Gasteiger partial charge in [-0.1, -0.05) is 37.6 Å². The molecule has 0 aromatic heterocycles. The number of unbranched alkanes of at least 4 members (excludes halogenated alkanes) is 1. The average molecular weight is 418 g/mol. The topological polar surface area (TPSA) is 39.7 Å². The third-order valence-electron chi connectivity index (χ3n) is 3.11. The van der Waals surface area contributed by atoms with E-state index < -0.39 is 0 Å². The SMILES string of the molecule is CCCCNC(=NCc1ccc(CN(C)C)cc1)NCC.I. The zero-order valence-corrected chi connectivity index (χ0v) is 16.7. The first-order chi connectivity index (χ1) is 10.2. The fraction of sp³-hybridized carbons (Fsp3) is 0.588. The zero-order chi connectivity index (χ0) is 15.5. The van der Waals surface area contributed by atoms with Crippen LogP contribution in [0, 0.1) is 0 Å². The van der Waals surface area contributed by atoms with E-state index >= 15 is 0 Å². The lowest BCUT2D eigenvalue weighted by Gasteiger charge is -2.11. The Morgan fingerprint density at radius 2 is 1.68 bits per heavy atom. The maximum atomic E-state index is 4.63. The van der Waals surface area contributed by atoms with Crippen LogP contribution in [0.1, 0.15) is 37.8 Å². The lowest BCUT2D eigenvalue weighted by molar-refractivity contribution is 0.402. The van der Waals surface area contributed by atoms with Crippen molar-refractivity contribution in [1.29, 1.82) is 0 Å². The summed E-state index contributed by atoms with van der Waals surface area (Å²) in [5.41, 5.74) is 2.57. The van der Waals surface area contributed by atoms with Crippen molar-refractivity contribution in [1.82, 2.24) is 15.5 Å². The molecule has 0 unspecified atom stereocenters. The van der Waals surface area contributed by atoms with Crippen molar-refractivity contribution < 1.29 is 0 Å². The van der Waals surface area contributed by atoms with Crippen LogP contribution in [0.15, 0.2) is 29.3 Å². The van der Waals surface area contributed by atoms with Gasteiger partial charge in [-0.3, -0.25) is 0 Å². The highest BCUT2D eigenvalue weighted by Crippen LogP contribution is 2.07. The number of halogens is 1. The summed E-state index contributed by atoms with van der Waals surface area (Å²) >= 11 is 0. The minimum atomic E-state index is 0.